The second-order valence-electron chi connectivity index (χ2n) is 5.32. The molecule has 5 heteroatoms. The van der Waals surface area contributed by atoms with Crippen molar-refractivity contribution in [1.29, 1.82) is 0 Å². The second kappa shape index (κ2) is 7.56. The fourth-order valence-corrected chi connectivity index (χ4v) is 2.25. The summed E-state index contributed by atoms with van der Waals surface area (Å²) in [5.74, 6) is -2.45. The van der Waals surface area contributed by atoms with E-state index in [0.717, 1.165) is 5.56 Å². The van der Waals surface area contributed by atoms with Gasteiger partial charge in [0.2, 0.25) is 5.91 Å². The van der Waals surface area contributed by atoms with Crippen LogP contribution in [0.15, 0.2) is 54.6 Å². The highest BCUT2D eigenvalue weighted by Gasteiger charge is 2.20. The number of carboxylic acids is 1. The molecule has 2 atom stereocenters. The van der Waals surface area contributed by atoms with E-state index in [1.54, 1.807) is 43.3 Å². The van der Waals surface area contributed by atoms with E-state index in [0.29, 0.717) is 11.3 Å². The minimum absolute atomic E-state index is 0.288. The molecule has 0 aliphatic rings. The van der Waals surface area contributed by atoms with Crippen LogP contribution in [-0.4, -0.2) is 28.7 Å². The molecule has 3 N–H and O–H groups in total. The third-order valence-electron chi connectivity index (χ3n) is 3.75. The zero-order valence-electron chi connectivity index (χ0n) is 12.8. The zero-order chi connectivity index (χ0) is 16.8. The molecule has 0 aliphatic heterocycles. The summed E-state index contributed by atoms with van der Waals surface area (Å²) < 4.78 is 0. The Kier molecular flexibility index (Phi) is 5.49. The number of aliphatic carboxylic acids is 1. The first kappa shape index (κ1) is 16.7. The lowest BCUT2D eigenvalue weighted by Gasteiger charge is -2.15. The highest BCUT2D eigenvalue weighted by Crippen LogP contribution is 2.21. The molecule has 0 aliphatic carbocycles. The lowest BCUT2D eigenvalue weighted by atomic mass is 9.98. The van der Waals surface area contributed by atoms with E-state index in [9.17, 15) is 14.7 Å². The summed E-state index contributed by atoms with van der Waals surface area (Å²) in [6.07, 6.45) is 0. The highest BCUT2D eigenvalue weighted by atomic mass is 16.4. The van der Waals surface area contributed by atoms with Crippen LogP contribution in [-0.2, 0) is 9.59 Å². The van der Waals surface area contributed by atoms with Crippen LogP contribution in [0, 0.1) is 0 Å². The van der Waals surface area contributed by atoms with Crippen LogP contribution in [0.3, 0.4) is 0 Å². The van der Waals surface area contributed by atoms with Crippen molar-refractivity contribution < 1.29 is 19.8 Å². The van der Waals surface area contributed by atoms with E-state index in [1.165, 1.54) is 0 Å². The summed E-state index contributed by atoms with van der Waals surface area (Å²) in [5, 5.41) is 21.2. The highest BCUT2D eigenvalue weighted by molar-refractivity contribution is 5.96. The van der Waals surface area contributed by atoms with Crippen LogP contribution >= 0.6 is 0 Å². The van der Waals surface area contributed by atoms with Crippen LogP contribution in [0.4, 0.5) is 5.69 Å². The van der Waals surface area contributed by atoms with Gasteiger partial charge in [-0.1, -0.05) is 42.5 Å². The van der Waals surface area contributed by atoms with Crippen LogP contribution in [0.5, 0.6) is 0 Å². The van der Waals surface area contributed by atoms with Gasteiger partial charge in [0.1, 0.15) is 0 Å². The first-order valence-corrected chi connectivity index (χ1v) is 7.32. The molecule has 1 amide bonds. The fourth-order valence-electron chi connectivity index (χ4n) is 2.25. The van der Waals surface area contributed by atoms with Crippen molar-refractivity contribution in [3.8, 4) is 0 Å². The molecule has 2 aromatic carbocycles. The molecule has 0 saturated heterocycles. The number of aliphatic hydroxyl groups excluding tert-OH is 1. The number of hydrogen-bond donors (Lipinski definition) is 3. The van der Waals surface area contributed by atoms with E-state index in [1.807, 2.05) is 18.2 Å². The molecule has 0 spiro atoms. The fraction of sp³-hybridized carbons (Fsp3) is 0.222. The number of amides is 1. The largest absolute Gasteiger partial charge is 0.481 e. The van der Waals surface area contributed by atoms with Gasteiger partial charge < -0.3 is 15.5 Å². The Balaban J connectivity index is 2.09. The summed E-state index contributed by atoms with van der Waals surface area (Å²) in [7, 11) is 0. The van der Waals surface area contributed by atoms with E-state index in [4.69, 9.17) is 5.11 Å². The van der Waals surface area contributed by atoms with Gasteiger partial charge in [0, 0.05) is 5.69 Å². The maximum Gasteiger partial charge on any atom is 0.310 e. The number of carboxylic acid groups (broad SMARTS) is 1. The normalized spacial score (nSPS) is 13.1. The first-order valence-electron chi connectivity index (χ1n) is 7.32. The molecule has 2 rings (SSSR count). The predicted octanol–water partition coefficient (Wildman–Crippen LogP) is 2.59. The Bertz CT molecular complexity index is 667. The minimum Gasteiger partial charge on any atom is -0.481 e. The molecule has 0 bridgehead atoms. The van der Waals surface area contributed by atoms with Gasteiger partial charge in [-0.2, -0.15) is 0 Å². The molecule has 120 valence electrons. The Labute approximate surface area is 134 Å². The van der Waals surface area contributed by atoms with Crippen molar-refractivity contribution in [2.45, 2.75) is 18.8 Å². The molecule has 0 radical (unpaired) electrons. The Hall–Kier alpha value is -2.66. The van der Waals surface area contributed by atoms with E-state index in [-0.39, 0.29) is 12.5 Å². The van der Waals surface area contributed by atoms with Gasteiger partial charge >= 0.3 is 5.97 Å². The van der Waals surface area contributed by atoms with Crippen molar-refractivity contribution in [2.75, 3.05) is 11.9 Å². The van der Waals surface area contributed by atoms with Gasteiger partial charge in [-0.25, -0.2) is 0 Å². The maximum atomic E-state index is 12.3. The summed E-state index contributed by atoms with van der Waals surface area (Å²) in [5.41, 5.74) is 1.96. The SMILES string of the molecule is CC(C(=O)O)c1ccc(NC(=O)C(CO)c2ccccc2)cc1. The van der Waals surface area contributed by atoms with Gasteiger partial charge in [0.05, 0.1) is 18.4 Å². The average molecular weight is 313 g/mol. The lowest BCUT2D eigenvalue weighted by molar-refractivity contribution is -0.138. The van der Waals surface area contributed by atoms with Crippen molar-refractivity contribution in [1.82, 2.24) is 0 Å². The Morgan fingerprint density at radius 2 is 1.61 bits per heavy atom. The van der Waals surface area contributed by atoms with Gasteiger partial charge in [-0.05, 0) is 30.2 Å². The number of hydrogen-bond acceptors (Lipinski definition) is 3. The predicted molar refractivity (Wildman–Crippen MR) is 87.4 cm³/mol. The van der Waals surface area contributed by atoms with Gasteiger partial charge in [-0.3, -0.25) is 9.59 Å². The number of nitrogens with one attached hydrogen (secondary N) is 1. The minimum atomic E-state index is -0.897. The van der Waals surface area contributed by atoms with Crippen molar-refractivity contribution in [3.05, 3.63) is 65.7 Å². The molecule has 0 fully saturated rings. The van der Waals surface area contributed by atoms with E-state index in [2.05, 4.69) is 5.32 Å². The molecule has 5 nitrogen and oxygen atoms in total. The average Bonchev–Trinajstić information content (AvgIpc) is 2.56. The number of anilines is 1. The molecular formula is C18H19NO4. The summed E-state index contributed by atoms with van der Waals surface area (Å²) in [6, 6.07) is 15.7. The number of carbonyl (C=O) groups is 2. The number of carbonyl (C=O) groups excluding carboxylic acids is 1. The maximum absolute atomic E-state index is 12.3. The summed E-state index contributed by atoms with van der Waals surface area (Å²) >= 11 is 0. The molecule has 2 unspecified atom stereocenters. The first-order chi connectivity index (χ1) is 11.0. The topological polar surface area (TPSA) is 86.6 Å². The quantitative estimate of drug-likeness (QED) is 0.765. The van der Waals surface area contributed by atoms with Crippen LogP contribution in [0.1, 0.15) is 29.9 Å². The van der Waals surface area contributed by atoms with Gasteiger partial charge in [-0.15, -0.1) is 0 Å². The van der Waals surface area contributed by atoms with Crippen molar-refractivity contribution in [3.63, 3.8) is 0 Å². The second-order valence-corrected chi connectivity index (χ2v) is 5.32. The Morgan fingerprint density at radius 1 is 1.00 bits per heavy atom. The number of rotatable bonds is 6. The standard InChI is InChI=1S/C18H19NO4/c1-12(18(22)23)13-7-9-15(10-8-13)19-17(21)16(11-20)14-5-3-2-4-6-14/h2-10,12,16,20H,11H2,1H3,(H,19,21)(H,22,23). The molecule has 0 heterocycles. The van der Waals surface area contributed by atoms with E-state index < -0.39 is 17.8 Å². The van der Waals surface area contributed by atoms with Crippen LogP contribution < -0.4 is 5.32 Å². The van der Waals surface area contributed by atoms with E-state index >= 15 is 0 Å². The number of aliphatic hydroxyl groups is 1. The summed E-state index contributed by atoms with van der Waals surface area (Å²) in [4.78, 5) is 23.3. The smallest absolute Gasteiger partial charge is 0.310 e. The molecule has 23 heavy (non-hydrogen) atoms. The molecule has 0 saturated carbocycles. The molecule has 0 aromatic heterocycles. The monoisotopic (exact) mass is 313 g/mol. The zero-order valence-corrected chi connectivity index (χ0v) is 12.8. The van der Waals surface area contributed by atoms with Gasteiger partial charge in [0.25, 0.3) is 0 Å². The third-order valence-corrected chi connectivity index (χ3v) is 3.75. The van der Waals surface area contributed by atoms with Crippen molar-refractivity contribution in [2.24, 2.45) is 0 Å². The van der Waals surface area contributed by atoms with Crippen molar-refractivity contribution >= 4 is 17.6 Å². The summed E-state index contributed by atoms with van der Waals surface area (Å²) in [6.45, 7) is 1.32. The number of benzene rings is 2. The Morgan fingerprint density at radius 3 is 2.13 bits per heavy atom. The van der Waals surface area contributed by atoms with Gasteiger partial charge in [0.15, 0.2) is 0 Å². The molecule has 2 aromatic rings. The molecular weight excluding hydrogens is 294 g/mol. The van der Waals surface area contributed by atoms with Crippen LogP contribution in [0.2, 0.25) is 0 Å². The lowest BCUT2D eigenvalue weighted by Crippen LogP contribution is -2.23. The van der Waals surface area contributed by atoms with Crippen LogP contribution in [0.25, 0.3) is 0 Å². The third kappa shape index (κ3) is 4.17.